The lowest BCUT2D eigenvalue weighted by Crippen LogP contribution is -2.15. The van der Waals surface area contributed by atoms with Crippen LogP contribution in [0.15, 0.2) is 24.3 Å². The molecule has 0 radical (unpaired) electrons. The third-order valence-electron chi connectivity index (χ3n) is 4.78. The molecule has 4 nitrogen and oxygen atoms in total. The lowest BCUT2D eigenvalue weighted by Gasteiger charge is -2.08. The molecule has 2 aromatic rings. The molecule has 0 aliphatic carbocycles. The molecule has 0 atom stereocenters. The van der Waals surface area contributed by atoms with Gasteiger partial charge in [-0.05, 0) is 62.9 Å². The molecule has 0 N–H and O–H groups in total. The van der Waals surface area contributed by atoms with E-state index in [0.717, 1.165) is 49.4 Å². The summed E-state index contributed by atoms with van der Waals surface area (Å²) in [6, 6.07) is 7.39. The molecule has 0 unspecified atom stereocenters. The number of hydrogen-bond acceptors (Lipinski definition) is 3. The van der Waals surface area contributed by atoms with Gasteiger partial charge in [0.05, 0.1) is 12.3 Å². The lowest BCUT2D eigenvalue weighted by atomic mass is 10.1. The Bertz CT molecular complexity index is 702. The van der Waals surface area contributed by atoms with Crippen molar-refractivity contribution in [2.24, 2.45) is 0 Å². The third-order valence-corrected chi connectivity index (χ3v) is 4.78. The van der Waals surface area contributed by atoms with Crippen LogP contribution in [0.3, 0.4) is 0 Å². The zero-order valence-corrected chi connectivity index (χ0v) is 16.7. The smallest absolute Gasteiger partial charge is 0.278 e. The Morgan fingerprint density at radius 1 is 1.00 bits per heavy atom. The fourth-order valence-electron chi connectivity index (χ4n) is 3.12. The molecule has 0 fully saturated rings. The van der Waals surface area contributed by atoms with Crippen LogP contribution in [0.1, 0.15) is 79.7 Å². The van der Waals surface area contributed by atoms with Crippen LogP contribution in [0.4, 0.5) is 0 Å². The Kier molecular flexibility index (Phi) is 7.89. The molecular formula is C22H32N2O2. The fraction of sp³-hybridized carbons (Fsp3) is 0.545. The van der Waals surface area contributed by atoms with Gasteiger partial charge in [0.25, 0.3) is 5.91 Å². The van der Waals surface area contributed by atoms with Crippen molar-refractivity contribution < 1.29 is 9.53 Å². The van der Waals surface area contributed by atoms with Crippen LogP contribution in [0.5, 0.6) is 5.75 Å². The van der Waals surface area contributed by atoms with E-state index >= 15 is 0 Å². The van der Waals surface area contributed by atoms with Crippen molar-refractivity contribution in [3.63, 3.8) is 0 Å². The molecule has 0 bridgehead atoms. The summed E-state index contributed by atoms with van der Waals surface area (Å²) in [6.45, 7) is 9.07. The van der Waals surface area contributed by atoms with Crippen molar-refractivity contribution in [2.45, 2.75) is 72.6 Å². The van der Waals surface area contributed by atoms with Crippen LogP contribution >= 0.6 is 0 Å². The van der Waals surface area contributed by atoms with Crippen LogP contribution < -0.4 is 4.74 Å². The molecule has 4 heteroatoms. The molecule has 1 heterocycles. The maximum absolute atomic E-state index is 12.8. The second-order valence-corrected chi connectivity index (χ2v) is 6.90. The van der Waals surface area contributed by atoms with Gasteiger partial charge in [0.15, 0.2) is 0 Å². The van der Waals surface area contributed by atoms with E-state index in [1.165, 1.54) is 24.8 Å². The Labute approximate surface area is 157 Å². The molecule has 0 spiro atoms. The molecule has 0 aliphatic heterocycles. The van der Waals surface area contributed by atoms with Crippen molar-refractivity contribution >= 4 is 5.91 Å². The number of hydrogen-bond donors (Lipinski definition) is 0. The Morgan fingerprint density at radius 3 is 2.35 bits per heavy atom. The number of ether oxygens (including phenoxy) is 1. The van der Waals surface area contributed by atoms with Crippen molar-refractivity contribution in [2.75, 3.05) is 6.61 Å². The van der Waals surface area contributed by atoms with Gasteiger partial charge in [-0.15, -0.1) is 0 Å². The number of unbranched alkanes of at least 4 members (excludes halogenated alkanes) is 4. The minimum Gasteiger partial charge on any atom is -0.494 e. The van der Waals surface area contributed by atoms with Gasteiger partial charge in [-0.1, -0.05) is 39.5 Å². The van der Waals surface area contributed by atoms with Crippen LogP contribution in [0.2, 0.25) is 0 Å². The van der Waals surface area contributed by atoms with Gasteiger partial charge in [0.2, 0.25) is 0 Å². The summed E-state index contributed by atoms with van der Waals surface area (Å²) >= 11 is 0. The molecule has 26 heavy (non-hydrogen) atoms. The maximum Gasteiger partial charge on any atom is 0.278 e. The SMILES string of the molecule is CCCCCCOc1ccc(C(=O)n2nc(C)c(CCCC)c2C)cc1. The van der Waals surface area contributed by atoms with Gasteiger partial charge in [-0.3, -0.25) is 4.79 Å². The minimum absolute atomic E-state index is 0.0807. The highest BCUT2D eigenvalue weighted by Gasteiger charge is 2.17. The van der Waals surface area contributed by atoms with Crippen molar-refractivity contribution in [1.29, 1.82) is 0 Å². The normalized spacial score (nSPS) is 10.9. The number of rotatable bonds is 10. The molecule has 0 saturated heterocycles. The summed E-state index contributed by atoms with van der Waals surface area (Å²) in [6.07, 6.45) is 7.98. The summed E-state index contributed by atoms with van der Waals surface area (Å²) < 4.78 is 7.29. The molecule has 0 aliphatic rings. The van der Waals surface area contributed by atoms with Crippen molar-refractivity contribution in [3.8, 4) is 5.75 Å². The first kappa shape index (κ1) is 20.2. The Morgan fingerprint density at radius 2 is 1.69 bits per heavy atom. The highest BCUT2D eigenvalue weighted by atomic mass is 16.5. The van der Waals surface area contributed by atoms with E-state index in [1.807, 2.05) is 38.1 Å². The predicted molar refractivity (Wildman–Crippen MR) is 106 cm³/mol. The average Bonchev–Trinajstić information content (AvgIpc) is 2.93. The first-order valence-electron chi connectivity index (χ1n) is 9.91. The van der Waals surface area contributed by atoms with Gasteiger partial charge in [0.1, 0.15) is 5.75 Å². The highest BCUT2D eigenvalue weighted by Crippen LogP contribution is 2.19. The maximum atomic E-state index is 12.8. The van der Waals surface area contributed by atoms with Crippen molar-refractivity contribution in [1.82, 2.24) is 9.78 Å². The van der Waals surface area contributed by atoms with Crippen LogP contribution in [0.25, 0.3) is 0 Å². The van der Waals surface area contributed by atoms with Gasteiger partial charge in [-0.25, -0.2) is 4.68 Å². The summed E-state index contributed by atoms with van der Waals surface area (Å²) in [5.74, 6) is 0.734. The molecule has 142 valence electrons. The van der Waals surface area contributed by atoms with E-state index in [9.17, 15) is 4.79 Å². The molecule has 2 rings (SSSR count). The van der Waals surface area contributed by atoms with Gasteiger partial charge >= 0.3 is 0 Å². The number of benzene rings is 1. The number of aromatic nitrogens is 2. The average molecular weight is 357 g/mol. The van der Waals surface area contributed by atoms with E-state index in [1.54, 1.807) is 4.68 Å². The first-order valence-corrected chi connectivity index (χ1v) is 9.91. The van der Waals surface area contributed by atoms with Crippen LogP contribution in [0, 0.1) is 13.8 Å². The van der Waals surface area contributed by atoms with Crippen molar-refractivity contribution in [3.05, 3.63) is 46.8 Å². The first-order chi connectivity index (χ1) is 12.6. The highest BCUT2D eigenvalue weighted by molar-refractivity contribution is 5.96. The summed E-state index contributed by atoms with van der Waals surface area (Å²) in [5.41, 5.74) is 3.75. The molecule has 1 aromatic heterocycles. The predicted octanol–water partition coefficient (Wildman–Crippen LogP) is 5.49. The minimum atomic E-state index is -0.0807. The summed E-state index contributed by atoms with van der Waals surface area (Å²) in [5, 5.41) is 4.48. The molecule has 0 saturated carbocycles. The van der Waals surface area contributed by atoms with Gasteiger partial charge in [-0.2, -0.15) is 5.10 Å². The van der Waals surface area contributed by atoms with E-state index in [2.05, 4.69) is 18.9 Å². The largest absolute Gasteiger partial charge is 0.494 e. The molecular weight excluding hydrogens is 324 g/mol. The monoisotopic (exact) mass is 356 g/mol. The fourth-order valence-corrected chi connectivity index (χ4v) is 3.12. The standard InChI is InChI=1S/C22H32N2O2/c1-5-7-9-10-16-26-20-14-12-19(13-15-20)22(25)24-18(4)21(11-8-6-2)17(3)23-24/h12-15H,5-11,16H2,1-4H3. The topological polar surface area (TPSA) is 44.1 Å². The number of nitrogens with zero attached hydrogens (tertiary/aromatic N) is 2. The van der Waals surface area contributed by atoms with Gasteiger partial charge < -0.3 is 4.74 Å². The van der Waals surface area contributed by atoms with E-state index < -0.39 is 0 Å². The van der Waals surface area contributed by atoms with E-state index in [0.29, 0.717) is 5.56 Å². The van der Waals surface area contributed by atoms with Gasteiger partial charge in [0, 0.05) is 11.3 Å². The lowest BCUT2D eigenvalue weighted by molar-refractivity contribution is 0.0942. The number of aryl methyl sites for hydroxylation is 1. The molecule has 0 amide bonds. The Balaban J connectivity index is 2.01. The van der Waals surface area contributed by atoms with Crippen LogP contribution in [-0.2, 0) is 6.42 Å². The quantitative estimate of drug-likeness (QED) is 0.529. The molecule has 1 aromatic carbocycles. The zero-order valence-electron chi connectivity index (χ0n) is 16.7. The summed E-state index contributed by atoms with van der Waals surface area (Å²) in [7, 11) is 0. The second kappa shape index (κ2) is 10.1. The number of carbonyl (C=O) groups is 1. The van der Waals surface area contributed by atoms with Crippen LogP contribution in [-0.4, -0.2) is 22.3 Å². The third kappa shape index (κ3) is 5.20. The summed E-state index contributed by atoms with van der Waals surface area (Å²) in [4.78, 5) is 12.8. The second-order valence-electron chi connectivity index (χ2n) is 6.90. The van der Waals surface area contributed by atoms with E-state index in [4.69, 9.17) is 4.74 Å². The Hall–Kier alpha value is -2.10. The zero-order chi connectivity index (χ0) is 18.9. The van der Waals surface area contributed by atoms with E-state index in [-0.39, 0.29) is 5.91 Å². The number of carbonyl (C=O) groups excluding carboxylic acids is 1.